The molecule has 0 radical (unpaired) electrons. The summed E-state index contributed by atoms with van der Waals surface area (Å²) >= 11 is 0. The summed E-state index contributed by atoms with van der Waals surface area (Å²) in [4.78, 5) is 23.3. The second kappa shape index (κ2) is 6.92. The van der Waals surface area contributed by atoms with Crippen molar-refractivity contribution in [2.75, 3.05) is 11.9 Å². The topological polar surface area (TPSA) is 92.9 Å². The quantitative estimate of drug-likeness (QED) is 0.614. The molecule has 116 valence electrons. The lowest BCUT2D eigenvalue weighted by molar-refractivity contribution is -0.386. The van der Waals surface area contributed by atoms with E-state index in [4.69, 9.17) is 4.74 Å². The van der Waals surface area contributed by atoms with E-state index in [0.717, 1.165) is 0 Å². The van der Waals surface area contributed by atoms with Gasteiger partial charge in [0.15, 0.2) is 5.75 Å². The number of likely N-dealkylation sites (N-methyl/N-ethyl adjacent to an activating group) is 1. The molecule has 0 bridgehead atoms. The predicted molar refractivity (Wildman–Crippen MR) is 79.0 cm³/mol. The van der Waals surface area contributed by atoms with E-state index in [1.807, 2.05) is 0 Å². The molecular weight excluding hydrogens is 276 g/mol. The van der Waals surface area contributed by atoms with E-state index < -0.39 is 16.9 Å². The minimum absolute atomic E-state index is 0.135. The maximum atomic E-state index is 11.2. The smallest absolute Gasteiger partial charge is 0.326 e. The number of hydrogen-bond donors (Lipinski definition) is 1. The van der Waals surface area contributed by atoms with E-state index in [0.29, 0.717) is 12.1 Å². The highest BCUT2D eigenvalue weighted by Gasteiger charge is 2.24. The van der Waals surface area contributed by atoms with Crippen molar-refractivity contribution in [2.45, 2.75) is 39.3 Å². The van der Waals surface area contributed by atoms with E-state index in [1.54, 1.807) is 32.7 Å². The first kappa shape index (κ1) is 16.7. The van der Waals surface area contributed by atoms with Crippen LogP contribution in [-0.2, 0) is 4.79 Å². The van der Waals surface area contributed by atoms with Crippen LogP contribution in [-0.4, -0.2) is 35.2 Å². The molecule has 0 spiro atoms. The van der Waals surface area contributed by atoms with Crippen LogP contribution in [0.25, 0.3) is 0 Å². The molecule has 1 aromatic rings. The van der Waals surface area contributed by atoms with Gasteiger partial charge in [0.05, 0.1) is 11.0 Å². The molecule has 1 unspecified atom stereocenters. The standard InChI is InChI=1S/C14H20N2O5/c1-5-11(14(17)18)15(4)10-6-7-12(16(19)20)13(8-10)21-9(2)3/h6-9,11H,5H2,1-4H3,(H,17,18). The molecule has 21 heavy (non-hydrogen) atoms. The summed E-state index contributed by atoms with van der Waals surface area (Å²) in [5.74, 6) is -0.802. The molecule has 1 rings (SSSR count). The van der Waals surface area contributed by atoms with E-state index in [9.17, 15) is 20.0 Å². The maximum absolute atomic E-state index is 11.2. The van der Waals surface area contributed by atoms with Gasteiger partial charge in [-0.05, 0) is 26.3 Å². The van der Waals surface area contributed by atoms with Crippen molar-refractivity contribution in [1.29, 1.82) is 0 Å². The van der Waals surface area contributed by atoms with Crippen molar-refractivity contribution in [2.24, 2.45) is 0 Å². The average Bonchev–Trinajstić information content (AvgIpc) is 2.37. The van der Waals surface area contributed by atoms with Gasteiger partial charge in [-0.15, -0.1) is 0 Å². The normalized spacial score (nSPS) is 12.0. The van der Waals surface area contributed by atoms with Crippen molar-refractivity contribution < 1.29 is 19.6 Å². The molecule has 1 N–H and O–H groups in total. The lowest BCUT2D eigenvalue weighted by Gasteiger charge is -2.26. The Bertz CT molecular complexity index is 530. The first-order valence-corrected chi connectivity index (χ1v) is 6.68. The minimum atomic E-state index is -0.940. The van der Waals surface area contributed by atoms with E-state index >= 15 is 0 Å². The molecule has 1 atom stereocenters. The van der Waals surface area contributed by atoms with Crippen LogP contribution in [0.15, 0.2) is 18.2 Å². The number of anilines is 1. The zero-order valence-electron chi connectivity index (χ0n) is 12.6. The third-order valence-electron chi connectivity index (χ3n) is 3.05. The molecule has 0 fully saturated rings. The molecule has 0 aromatic heterocycles. The highest BCUT2D eigenvalue weighted by atomic mass is 16.6. The fraction of sp³-hybridized carbons (Fsp3) is 0.500. The molecule has 0 amide bonds. The number of ether oxygens (including phenoxy) is 1. The molecule has 0 aliphatic carbocycles. The highest BCUT2D eigenvalue weighted by molar-refractivity contribution is 5.78. The summed E-state index contributed by atoms with van der Waals surface area (Å²) in [6, 6.07) is 3.66. The molecule has 0 aliphatic heterocycles. The van der Waals surface area contributed by atoms with Crippen molar-refractivity contribution in [3.05, 3.63) is 28.3 Å². The van der Waals surface area contributed by atoms with Crippen LogP contribution in [0.4, 0.5) is 11.4 Å². The van der Waals surface area contributed by atoms with Gasteiger partial charge in [0.1, 0.15) is 6.04 Å². The Balaban J connectivity index is 3.20. The van der Waals surface area contributed by atoms with Crippen LogP contribution in [0.1, 0.15) is 27.2 Å². The minimum Gasteiger partial charge on any atom is -0.484 e. The fourth-order valence-electron chi connectivity index (χ4n) is 2.02. The second-order valence-corrected chi connectivity index (χ2v) is 4.95. The number of nitro benzene ring substituents is 1. The van der Waals surface area contributed by atoms with E-state index in [-0.39, 0.29) is 17.5 Å². The van der Waals surface area contributed by atoms with Crippen molar-refractivity contribution in [3.8, 4) is 5.75 Å². The Morgan fingerprint density at radius 3 is 2.52 bits per heavy atom. The van der Waals surface area contributed by atoms with Gasteiger partial charge >= 0.3 is 11.7 Å². The average molecular weight is 296 g/mol. The SMILES string of the molecule is CCC(C(=O)O)N(C)c1ccc([N+](=O)[O-])c(OC(C)C)c1. The van der Waals surface area contributed by atoms with Gasteiger partial charge in [0.25, 0.3) is 0 Å². The number of nitrogens with zero attached hydrogens (tertiary/aromatic N) is 2. The van der Waals surface area contributed by atoms with Crippen LogP contribution in [0.3, 0.4) is 0 Å². The van der Waals surface area contributed by atoms with E-state index in [1.165, 1.54) is 18.2 Å². The summed E-state index contributed by atoms with van der Waals surface area (Å²) in [7, 11) is 1.64. The van der Waals surface area contributed by atoms with Gasteiger partial charge in [0.2, 0.25) is 0 Å². The zero-order valence-corrected chi connectivity index (χ0v) is 12.6. The summed E-state index contributed by atoms with van der Waals surface area (Å²) in [6.45, 7) is 5.31. The predicted octanol–water partition coefficient (Wildman–Crippen LogP) is 2.68. The van der Waals surface area contributed by atoms with Crippen molar-refractivity contribution in [3.63, 3.8) is 0 Å². The van der Waals surface area contributed by atoms with Crippen LogP contribution >= 0.6 is 0 Å². The lowest BCUT2D eigenvalue weighted by atomic mass is 10.1. The Labute approximate surface area is 123 Å². The maximum Gasteiger partial charge on any atom is 0.326 e. The Kier molecular flexibility index (Phi) is 5.52. The number of carbonyl (C=O) groups is 1. The van der Waals surface area contributed by atoms with Gasteiger partial charge in [-0.25, -0.2) is 4.79 Å². The third kappa shape index (κ3) is 4.08. The van der Waals surface area contributed by atoms with Gasteiger partial charge in [-0.2, -0.15) is 0 Å². The summed E-state index contributed by atoms with van der Waals surface area (Å²) in [6.07, 6.45) is 0.203. The van der Waals surface area contributed by atoms with Crippen molar-refractivity contribution >= 4 is 17.3 Å². The largest absolute Gasteiger partial charge is 0.484 e. The van der Waals surface area contributed by atoms with Gasteiger partial charge in [0, 0.05) is 24.9 Å². The number of carboxylic acids is 1. The number of benzene rings is 1. The van der Waals surface area contributed by atoms with Gasteiger partial charge in [-0.1, -0.05) is 6.92 Å². The first-order chi connectivity index (χ1) is 9.77. The molecule has 0 saturated carbocycles. The number of nitro groups is 1. The Hall–Kier alpha value is -2.31. The van der Waals surface area contributed by atoms with Gasteiger partial charge < -0.3 is 14.7 Å². The zero-order chi connectivity index (χ0) is 16.2. The second-order valence-electron chi connectivity index (χ2n) is 4.95. The van der Waals surface area contributed by atoms with Crippen LogP contribution < -0.4 is 9.64 Å². The molecule has 0 heterocycles. The van der Waals surface area contributed by atoms with Crippen LogP contribution in [0.5, 0.6) is 5.75 Å². The van der Waals surface area contributed by atoms with Gasteiger partial charge in [-0.3, -0.25) is 10.1 Å². The van der Waals surface area contributed by atoms with E-state index in [2.05, 4.69) is 0 Å². The molecule has 0 aliphatic rings. The van der Waals surface area contributed by atoms with Crippen LogP contribution in [0, 0.1) is 10.1 Å². The summed E-state index contributed by atoms with van der Waals surface area (Å²) in [5.41, 5.74) is 0.426. The molecule has 0 saturated heterocycles. The number of aliphatic carboxylic acids is 1. The summed E-state index contributed by atoms with van der Waals surface area (Å²) < 4.78 is 5.46. The number of carboxylic acid groups (broad SMARTS) is 1. The molecule has 1 aromatic carbocycles. The van der Waals surface area contributed by atoms with Crippen molar-refractivity contribution in [1.82, 2.24) is 0 Å². The summed E-state index contributed by atoms with van der Waals surface area (Å²) in [5, 5.41) is 20.2. The van der Waals surface area contributed by atoms with Crippen LogP contribution in [0.2, 0.25) is 0 Å². The third-order valence-corrected chi connectivity index (χ3v) is 3.05. The Morgan fingerprint density at radius 1 is 1.48 bits per heavy atom. The molecule has 7 heteroatoms. The highest BCUT2D eigenvalue weighted by Crippen LogP contribution is 2.32. The Morgan fingerprint density at radius 2 is 2.10 bits per heavy atom. The first-order valence-electron chi connectivity index (χ1n) is 6.68. The number of hydrogen-bond acceptors (Lipinski definition) is 5. The fourth-order valence-corrected chi connectivity index (χ4v) is 2.02. The number of rotatable bonds is 7. The molecular formula is C14H20N2O5. The monoisotopic (exact) mass is 296 g/mol. The molecule has 7 nitrogen and oxygen atoms in total. The lowest BCUT2D eigenvalue weighted by Crippen LogP contribution is -2.37.